The Morgan fingerprint density at radius 3 is 1.67 bits per heavy atom. The molecule has 1 atom stereocenters. The number of hydrogen-bond donors (Lipinski definition) is 0. The fourth-order valence-corrected chi connectivity index (χ4v) is 2.66. The summed E-state index contributed by atoms with van der Waals surface area (Å²) in [6.45, 7) is 0. The van der Waals surface area contributed by atoms with Gasteiger partial charge in [-0.3, -0.25) is 0 Å². The largest absolute Gasteiger partial charge is 0.247 e. The lowest BCUT2D eigenvalue weighted by Crippen LogP contribution is -2.01. The quantitative estimate of drug-likeness (QED) is 0.513. The predicted octanol–water partition coefficient (Wildman–Crippen LogP) is 5.76. The van der Waals surface area contributed by atoms with Crippen LogP contribution in [0, 0.1) is 0 Å². The second kappa shape index (κ2) is 9.33. The average Bonchev–Trinajstić information content (AvgIpc) is 2.54. The number of aryl methyl sites for hydroxylation is 2. The van der Waals surface area contributed by atoms with E-state index in [4.69, 9.17) is 0 Å². The molecule has 0 N–H and O–H groups in total. The maximum Gasteiger partial charge on any atom is 0.100 e. The number of hydrogen-bond acceptors (Lipinski definition) is 0. The van der Waals surface area contributed by atoms with Gasteiger partial charge in [-0.2, -0.15) is 0 Å². The van der Waals surface area contributed by atoms with Crippen LogP contribution in [0.2, 0.25) is 0 Å². The van der Waals surface area contributed by atoms with Crippen molar-refractivity contribution in [1.82, 2.24) is 0 Å². The summed E-state index contributed by atoms with van der Waals surface area (Å²) in [5.74, 6) is 0. The van der Waals surface area contributed by atoms with Crippen LogP contribution in [0.1, 0.15) is 43.2 Å². The monoisotopic (exact) mass is 284 g/mol. The van der Waals surface area contributed by atoms with Gasteiger partial charge in [-0.25, -0.2) is 4.39 Å². The van der Waals surface area contributed by atoms with Crippen LogP contribution in [0.15, 0.2) is 60.7 Å². The van der Waals surface area contributed by atoms with E-state index < -0.39 is 6.17 Å². The molecule has 112 valence electrons. The maximum absolute atomic E-state index is 13.8. The molecule has 0 aliphatic heterocycles. The molecule has 0 amide bonds. The van der Waals surface area contributed by atoms with Crippen molar-refractivity contribution in [2.75, 3.05) is 0 Å². The zero-order chi connectivity index (χ0) is 14.8. The Morgan fingerprint density at radius 2 is 1.10 bits per heavy atom. The zero-order valence-corrected chi connectivity index (χ0v) is 12.7. The fraction of sp³-hybridized carbons (Fsp3) is 0.400. The third-order valence-electron chi connectivity index (χ3n) is 3.90. The van der Waals surface area contributed by atoms with Crippen molar-refractivity contribution in [3.63, 3.8) is 0 Å². The summed E-state index contributed by atoms with van der Waals surface area (Å²) in [7, 11) is 0. The van der Waals surface area contributed by atoms with Crippen LogP contribution in [0.5, 0.6) is 0 Å². The van der Waals surface area contributed by atoms with Crippen molar-refractivity contribution in [3.05, 3.63) is 71.8 Å². The number of benzene rings is 2. The van der Waals surface area contributed by atoms with Crippen molar-refractivity contribution >= 4 is 0 Å². The van der Waals surface area contributed by atoms with E-state index in [1.165, 1.54) is 11.1 Å². The van der Waals surface area contributed by atoms with E-state index in [-0.39, 0.29) is 0 Å². The Balaban J connectivity index is 1.52. The SMILES string of the molecule is FC(CCCCc1ccccc1)CCCc1ccccc1. The van der Waals surface area contributed by atoms with Gasteiger partial charge in [0.05, 0.1) is 0 Å². The van der Waals surface area contributed by atoms with Crippen molar-refractivity contribution in [3.8, 4) is 0 Å². The summed E-state index contributed by atoms with van der Waals surface area (Å²) >= 11 is 0. The zero-order valence-electron chi connectivity index (χ0n) is 12.7. The average molecular weight is 284 g/mol. The number of alkyl halides is 1. The first-order chi connectivity index (χ1) is 10.3. The molecule has 0 spiro atoms. The molecule has 2 aromatic carbocycles. The van der Waals surface area contributed by atoms with Crippen LogP contribution in [0.3, 0.4) is 0 Å². The van der Waals surface area contributed by atoms with Crippen LogP contribution in [0.4, 0.5) is 4.39 Å². The standard InChI is InChI=1S/C20H25F/c21-20(17-9-15-19-12-5-2-6-13-19)16-8-7-14-18-10-3-1-4-11-18/h1-6,10-13,20H,7-9,14-17H2. The van der Waals surface area contributed by atoms with Crippen LogP contribution in [0.25, 0.3) is 0 Å². The van der Waals surface area contributed by atoms with Gasteiger partial charge in [-0.05, 0) is 49.7 Å². The van der Waals surface area contributed by atoms with Crippen LogP contribution < -0.4 is 0 Å². The van der Waals surface area contributed by atoms with Gasteiger partial charge in [0.1, 0.15) is 6.17 Å². The van der Waals surface area contributed by atoms with Gasteiger partial charge < -0.3 is 0 Å². The summed E-state index contributed by atoms with van der Waals surface area (Å²) in [6.07, 6.45) is 5.85. The minimum absolute atomic E-state index is 0.635. The molecule has 0 bridgehead atoms. The molecule has 1 unspecified atom stereocenters. The van der Waals surface area contributed by atoms with Crippen LogP contribution >= 0.6 is 0 Å². The highest BCUT2D eigenvalue weighted by atomic mass is 19.1. The topological polar surface area (TPSA) is 0 Å². The second-order valence-electron chi connectivity index (χ2n) is 5.71. The van der Waals surface area contributed by atoms with Crippen molar-refractivity contribution in [1.29, 1.82) is 0 Å². The number of unbranched alkanes of at least 4 members (excludes halogenated alkanes) is 1. The van der Waals surface area contributed by atoms with Gasteiger partial charge in [0.15, 0.2) is 0 Å². The van der Waals surface area contributed by atoms with Crippen LogP contribution in [-0.2, 0) is 12.8 Å². The van der Waals surface area contributed by atoms with Gasteiger partial charge in [0.2, 0.25) is 0 Å². The van der Waals surface area contributed by atoms with E-state index in [2.05, 4.69) is 36.4 Å². The minimum Gasteiger partial charge on any atom is -0.247 e. The molecule has 0 aromatic heterocycles. The maximum atomic E-state index is 13.8. The Hall–Kier alpha value is -1.63. The molecule has 0 aliphatic carbocycles. The van der Waals surface area contributed by atoms with E-state index in [0.717, 1.165) is 32.1 Å². The Kier molecular flexibility index (Phi) is 7.00. The van der Waals surface area contributed by atoms with Gasteiger partial charge in [0, 0.05) is 0 Å². The van der Waals surface area contributed by atoms with E-state index >= 15 is 0 Å². The molecule has 21 heavy (non-hydrogen) atoms. The molecule has 0 fully saturated rings. The first-order valence-electron chi connectivity index (χ1n) is 8.06. The lowest BCUT2D eigenvalue weighted by molar-refractivity contribution is 0.283. The van der Waals surface area contributed by atoms with E-state index in [0.29, 0.717) is 12.8 Å². The summed E-state index contributed by atoms with van der Waals surface area (Å²) < 4.78 is 13.8. The summed E-state index contributed by atoms with van der Waals surface area (Å²) in [6, 6.07) is 20.8. The molecule has 0 radical (unpaired) electrons. The highest BCUT2D eigenvalue weighted by Gasteiger charge is 2.06. The molecular weight excluding hydrogens is 259 g/mol. The van der Waals surface area contributed by atoms with Gasteiger partial charge >= 0.3 is 0 Å². The minimum atomic E-state index is -0.635. The summed E-state index contributed by atoms with van der Waals surface area (Å²) in [5, 5.41) is 0. The molecule has 2 aromatic rings. The first kappa shape index (κ1) is 15.8. The first-order valence-corrected chi connectivity index (χ1v) is 8.06. The van der Waals surface area contributed by atoms with E-state index in [9.17, 15) is 4.39 Å². The van der Waals surface area contributed by atoms with E-state index in [1.807, 2.05) is 24.3 Å². The highest BCUT2D eigenvalue weighted by molar-refractivity contribution is 5.15. The van der Waals surface area contributed by atoms with E-state index in [1.54, 1.807) is 0 Å². The number of rotatable bonds is 9. The lowest BCUT2D eigenvalue weighted by Gasteiger charge is -2.08. The normalized spacial score (nSPS) is 12.2. The lowest BCUT2D eigenvalue weighted by atomic mass is 10.0. The molecule has 1 heteroatoms. The molecule has 0 heterocycles. The predicted molar refractivity (Wildman–Crippen MR) is 88.3 cm³/mol. The van der Waals surface area contributed by atoms with Crippen LogP contribution in [-0.4, -0.2) is 6.17 Å². The highest BCUT2D eigenvalue weighted by Crippen LogP contribution is 2.15. The van der Waals surface area contributed by atoms with Gasteiger partial charge in [-0.1, -0.05) is 67.1 Å². The number of halogens is 1. The van der Waals surface area contributed by atoms with Crippen molar-refractivity contribution < 1.29 is 4.39 Å². The fourth-order valence-electron chi connectivity index (χ4n) is 2.66. The van der Waals surface area contributed by atoms with Gasteiger partial charge in [-0.15, -0.1) is 0 Å². The molecule has 0 saturated heterocycles. The Bertz CT molecular complexity index is 478. The molecule has 0 saturated carbocycles. The third-order valence-corrected chi connectivity index (χ3v) is 3.90. The molecule has 0 nitrogen and oxygen atoms in total. The molecular formula is C20H25F. The molecule has 0 aliphatic rings. The molecule has 2 rings (SSSR count). The smallest absolute Gasteiger partial charge is 0.100 e. The Labute approximate surface area is 128 Å². The summed E-state index contributed by atoms with van der Waals surface area (Å²) in [5.41, 5.74) is 2.67. The second-order valence-corrected chi connectivity index (χ2v) is 5.71. The van der Waals surface area contributed by atoms with Crippen molar-refractivity contribution in [2.24, 2.45) is 0 Å². The van der Waals surface area contributed by atoms with Crippen molar-refractivity contribution in [2.45, 2.75) is 51.1 Å². The third kappa shape index (κ3) is 6.57. The van der Waals surface area contributed by atoms with Gasteiger partial charge in [0.25, 0.3) is 0 Å². The summed E-state index contributed by atoms with van der Waals surface area (Å²) in [4.78, 5) is 0. The Morgan fingerprint density at radius 1 is 0.619 bits per heavy atom.